The molecule has 0 radical (unpaired) electrons. The van der Waals surface area contributed by atoms with E-state index in [1.165, 1.54) is 0 Å². The monoisotopic (exact) mass is 424 g/mol. The van der Waals surface area contributed by atoms with Gasteiger partial charge in [-0.05, 0) is 48.9 Å². The fourth-order valence-corrected chi connectivity index (χ4v) is 3.15. The van der Waals surface area contributed by atoms with E-state index in [0.29, 0.717) is 49.7 Å². The lowest BCUT2D eigenvalue weighted by molar-refractivity contribution is -0.114. The molecule has 8 nitrogen and oxygen atoms in total. The number of carbonyl (C=O) groups is 3. The van der Waals surface area contributed by atoms with Crippen molar-refractivity contribution in [1.29, 1.82) is 0 Å². The van der Waals surface area contributed by atoms with Gasteiger partial charge in [-0.15, -0.1) is 0 Å². The number of nitrogens with one attached hydrogen (secondary N) is 3. The van der Waals surface area contributed by atoms with E-state index in [9.17, 15) is 14.4 Å². The van der Waals surface area contributed by atoms with E-state index in [0.717, 1.165) is 12.1 Å². The average Bonchev–Trinajstić information content (AvgIpc) is 2.81. The molecular formula is C23H28N4O4. The Morgan fingerprint density at radius 2 is 1.71 bits per heavy atom. The zero-order valence-electron chi connectivity index (χ0n) is 17.6. The van der Waals surface area contributed by atoms with Crippen LogP contribution in [-0.4, -0.2) is 62.0 Å². The van der Waals surface area contributed by atoms with Crippen molar-refractivity contribution >= 4 is 29.1 Å². The van der Waals surface area contributed by atoms with Crippen LogP contribution in [0, 0.1) is 0 Å². The second kappa shape index (κ2) is 11.1. The van der Waals surface area contributed by atoms with Gasteiger partial charge in [-0.25, -0.2) is 0 Å². The van der Waals surface area contributed by atoms with Gasteiger partial charge in [0.05, 0.1) is 19.8 Å². The first-order valence-corrected chi connectivity index (χ1v) is 10.5. The Hall–Kier alpha value is -3.39. The highest BCUT2D eigenvalue weighted by Crippen LogP contribution is 2.14. The maximum atomic E-state index is 12.6. The van der Waals surface area contributed by atoms with Gasteiger partial charge in [-0.3, -0.25) is 14.4 Å². The first kappa shape index (κ1) is 22.3. The van der Waals surface area contributed by atoms with E-state index in [2.05, 4.69) is 16.0 Å². The fraction of sp³-hybridized carbons (Fsp3) is 0.348. The molecule has 2 aromatic rings. The normalized spacial score (nSPS) is 13.4. The minimum atomic E-state index is -0.235. The largest absolute Gasteiger partial charge is 0.378 e. The average molecular weight is 425 g/mol. The Bertz CT molecular complexity index is 908. The molecule has 0 atom stereocenters. The third kappa shape index (κ3) is 6.55. The van der Waals surface area contributed by atoms with E-state index < -0.39 is 0 Å². The van der Waals surface area contributed by atoms with Crippen LogP contribution in [0.3, 0.4) is 0 Å². The maximum Gasteiger partial charge on any atom is 0.254 e. The predicted octanol–water partition coefficient (Wildman–Crippen LogP) is 2.35. The molecule has 2 aromatic carbocycles. The Labute approximate surface area is 182 Å². The van der Waals surface area contributed by atoms with Gasteiger partial charge in [-0.1, -0.05) is 13.0 Å². The summed E-state index contributed by atoms with van der Waals surface area (Å²) in [6, 6.07) is 13.9. The molecule has 0 saturated carbocycles. The second-order valence-corrected chi connectivity index (χ2v) is 7.22. The van der Waals surface area contributed by atoms with Crippen LogP contribution < -0.4 is 16.0 Å². The van der Waals surface area contributed by atoms with Crippen molar-refractivity contribution in [3.63, 3.8) is 0 Å². The first-order chi connectivity index (χ1) is 15.1. The number of carbonyl (C=O) groups excluding carboxylic acids is 3. The Kier molecular flexibility index (Phi) is 8.00. The van der Waals surface area contributed by atoms with Gasteiger partial charge in [0.2, 0.25) is 5.91 Å². The van der Waals surface area contributed by atoms with Gasteiger partial charge >= 0.3 is 0 Å². The minimum absolute atomic E-state index is 0.0585. The van der Waals surface area contributed by atoms with Crippen LogP contribution >= 0.6 is 0 Å². The summed E-state index contributed by atoms with van der Waals surface area (Å²) >= 11 is 0. The van der Waals surface area contributed by atoms with E-state index >= 15 is 0 Å². The number of hydrogen-bond donors (Lipinski definition) is 3. The van der Waals surface area contributed by atoms with Gasteiger partial charge in [0.1, 0.15) is 0 Å². The van der Waals surface area contributed by atoms with Crippen molar-refractivity contribution < 1.29 is 19.1 Å². The summed E-state index contributed by atoms with van der Waals surface area (Å²) in [6.07, 6.45) is 0.880. The van der Waals surface area contributed by atoms with Crippen molar-refractivity contribution in [2.45, 2.75) is 13.3 Å². The number of ether oxygens (including phenoxy) is 1. The number of rotatable bonds is 8. The number of nitrogens with zero attached hydrogens (tertiary/aromatic N) is 1. The number of benzene rings is 2. The van der Waals surface area contributed by atoms with E-state index in [1.807, 2.05) is 6.92 Å². The highest BCUT2D eigenvalue weighted by atomic mass is 16.5. The summed E-state index contributed by atoms with van der Waals surface area (Å²) in [4.78, 5) is 38.6. The summed E-state index contributed by atoms with van der Waals surface area (Å²) in [5, 5.41) is 8.65. The smallest absolute Gasteiger partial charge is 0.254 e. The summed E-state index contributed by atoms with van der Waals surface area (Å²) < 4.78 is 5.28. The van der Waals surface area contributed by atoms with Gasteiger partial charge in [-0.2, -0.15) is 0 Å². The number of hydrogen-bond acceptors (Lipinski definition) is 5. The quantitative estimate of drug-likeness (QED) is 0.604. The molecule has 1 fully saturated rings. The summed E-state index contributed by atoms with van der Waals surface area (Å²) in [5.74, 6) is -0.418. The zero-order chi connectivity index (χ0) is 22.1. The van der Waals surface area contributed by atoms with Gasteiger partial charge < -0.3 is 25.6 Å². The molecule has 0 aliphatic carbocycles. The van der Waals surface area contributed by atoms with Crippen molar-refractivity contribution in [2.24, 2.45) is 0 Å². The summed E-state index contributed by atoms with van der Waals surface area (Å²) in [5.41, 5.74) is 2.40. The van der Waals surface area contributed by atoms with Crippen LogP contribution in [0.5, 0.6) is 0 Å². The molecule has 3 amide bonds. The predicted molar refractivity (Wildman–Crippen MR) is 119 cm³/mol. The second-order valence-electron chi connectivity index (χ2n) is 7.22. The molecule has 0 spiro atoms. The van der Waals surface area contributed by atoms with Gasteiger partial charge in [0.25, 0.3) is 11.8 Å². The molecule has 3 rings (SSSR count). The Balaban J connectivity index is 1.50. The lowest BCUT2D eigenvalue weighted by Gasteiger charge is -2.27. The molecule has 1 saturated heterocycles. The highest BCUT2D eigenvalue weighted by Gasteiger charge is 2.18. The summed E-state index contributed by atoms with van der Waals surface area (Å²) in [6.45, 7) is 4.91. The molecule has 31 heavy (non-hydrogen) atoms. The van der Waals surface area contributed by atoms with Gasteiger partial charge in [0, 0.05) is 42.1 Å². The van der Waals surface area contributed by atoms with Crippen LogP contribution in [0.2, 0.25) is 0 Å². The number of anilines is 2. The van der Waals surface area contributed by atoms with Crippen molar-refractivity contribution in [3.8, 4) is 0 Å². The molecule has 1 aliphatic rings. The minimum Gasteiger partial charge on any atom is -0.378 e. The molecule has 1 heterocycles. The molecule has 0 aromatic heterocycles. The maximum absolute atomic E-state index is 12.6. The fourth-order valence-electron chi connectivity index (χ4n) is 3.15. The zero-order valence-corrected chi connectivity index (χ0v) is 17.6. The van der Waals surface area contributed by atoms with Crippen molar-refractivity contribution in [1.82, 2.24) is 10.2 Å². The standard InChI is InChI=1S/C23H28N4O4/c1-2-10-24-22(29)17-6-8-19(9-7-17)25-16-21(28)26-20-5-3-4-18(15-20)23(30)27-11-13-31-14-12-27/h3-9,15,25H,2,10-14,16H2,1H3,(H,24,29)(H,26,28). The van der Waals surface area contributed by atoms with Crippen molar-refractivity contribution in [2.75, 3.05) is 50.0 Å². The molecule has 0 bridgehead atoms. The van der Waals surface area contributed by atoms with E-state index in [4.69, 9.17) is 4.74 Å². The van der Waals surface area contributed by atoms with Crippen molar-refractivity contribution in [3.05, 3.63) is 59.7 Å². The van der Waals surface area contributed by atoms with E-state index in [-0.39, 0.29) is 24.3 Å². The lowest BCUT2D eigenvalue weighted by atomic mass is 10.1. The van der Waals surface area contributed by atoms with Crippen LogP contribution in [0.1, 0.15) is 34.1 Å². The van der Waals surface area contributed by atoms with Crippen LogP contribution in [0.4, 0.5) is 11.4 Å². The number of morpholine rings is 1. The van der Waals surface area contributed by atoms with Gasteiger partial charge in [0.15, 0.2) is 0 Å². The highest BCUT2D eigenvalue weighted by molar-refractivity contribution is 5.98. The SMILES string of the molecule is CCCNC(=O)c1ccc(NCC(=O)Nc2cccc(C(=O)N3CCOCC3)c2)cc1. The molecule has 1 aliphatic heterocycles. The number of amides is 3. The Morgan fingerprint density at radius 1 is 0.968 bits per heavy atom. The Morgan fingerprint density at radius 3 is 2.42 bits per heavy atom. The van der Waals surface area contributed by atoms with Crippen LogP contribution in [0.15, 0.2) is 48.5 Å². The molecular weight excluding hydrogens is 396 g/mol. The third-order valence-corrected chi connectivity index (χ3v) is 4.83. The molecule has 3 N–H and O–H groups in total. The van der Waals surface area contributed by atoms with E-state index in [1.54, 1.807) is 53.4 Å². The molecule has 164 valence electrons. The topological polar surface area (TPSA) is 99.8 Å². The van der Waals surface area contributed by atoms with Crippen LogP contribution in [0.25, 0.3) is 0 Å². The third-order valence-electron chi connectivity index (χ3n) is 4.83. The lowest BCUT2D eigenvalue weighted by Crippen LogP contribution is -2.40. The van der Waals surface area contributed by atoms with Crippen LogP contribution in [-0.2, 0) is 9.53 Å². The summed E-state index contributed by atoms with van der Waals surface area (Å²) in [7, 11) is 0. The first-order valence-electron chi connectivity index (χ1n) is 10.5. The molecule has 8 heteroatoms. The molecule has 0 unspecified atom stereocenters.